The molecule has 1 aromatic carbocycles. The lowest BCUT2D eigenvalue weighted by molar-refractivity contribution is 0.401. The molecule has 0 fully saturated rings. The molecule has 1 atom stereocenters. The minimum atomic E-state index is 0.0936. The first-order valence-electron chi connectivity index (χ1n) is 6.39. The summed E-state index contributed by atoms with van der Waals surface area (Å²) in [6.07, 6.45) is 1.74. The number of benzene rings is 1. The number of nitrogens with zero attached hydrogens (tertiary/aromatic N) is 1. The van der Waals surface area contributed by atoms with Gasteiger partial charge in [-0.1, -0.05) is 12.1 Å². The van der Waals surface area contributed by atoms with E-state index in [2.05, 4.69) is 22.4 Å². The Kier molecular flexibility index (Phi) is 4.22. The van der Waals surface area contributed by atoms with Crippen molar-refractivity contribution in [2.24, 2.45) is 0 Å². The highest BCUT2D eigenvalue weighted by Gasteiger charge is 2.10. The fourth-order valence-electron chi connectivity index (χ4n) is 1.98. The summed E-state index contributed by atoms with van der Waals surface area (Å²) >= 11 is 0. The van der Waals surface area contributed by atoms with Crippen LogP contribution in [0.2, 0.25) is 0 Å². The fraction of sp³-hybridized carbons (Fsp3) is 0.400. The number of oxazole rings is 1. The van der Waals surface area contributed by atoms with Crippen molar-refractivity contribution < 1.29 is 9.15 Å². The largest absolute Gasteiger partial charge is 0.496 e. The van der Waals surface area contributed by atoms with Crippen molar-refractivity contribution in [1.29, 1.82) is 0 Å². The molecule has 1 aromatic heterocycles. The first-order chi connectivity index (χ1) is 9.10. The quantitative estimate of drug-likeness (QED) is 0.897. The fourth-order valence-corrected chi connectivity index (χ4v) is 1.98. The highest BCUT2D eigenvalue weighted by molar-refractivity contribution is 5.36. The van der Waals surface area contributed by atoms with Crippen LogP contribution in [0.3, 0.4) is 0 Å². The van der Waals surface area contributed by atoms with E-state index in [0.717, 1.165) is 29.5 Å². The monoisotopic (exact) mass is 260 g/mol. The summed E-state index contributed by atoms with van der Waals surface area (Å²) in [6, 6.07) is 6.27. The Labute approximate surface area is 113 Å². The van der Waals surface area contributed by atoms with Gasteiger partial charge in [-0.2, -0.15) is 0 Å². The van der Waals surface area contributed by atoms with E-state index in [1.54, 1.807) is 13.3 Å². The maximum atomic E-state index is 5.50. The number of ether oxygens (including phenoxy) is 1. The van der Waals surface area contributed by atoms with Gasteiger partial charge in [0.05, 0.1) is 19.3 Å². The molecule has 2 aromatic rings. The van der Waals surface area contributed by atoms with Gasteiger partial charge in [-0.15, -0.1) is 0 Å². The van der Waals surface area contributed by atoms with Crippen molar-refractivity contribution in [2.45, 2.75) is 33.4 Å². The minimum Gasteiger partial charge on any atom is -0.496 e. The Morgan fingerprint density at radius 3 is 2.74 bits per heavy atom. The molecule has 102 valence electrons. The summed E-state index contributed by atoms with van der Waals surface area (Å²) in [6.45, 7) is 6.76. The summed E-state index contributed by atoms with van der Waals surface area (Å²) in [5.41, 5.74) is 2.36. The maximum Gasteiger partial charge on any atom is 0.211 e. The molecule has 2 rings (SSSR count). The SMILES string of the molecule is COc1ccc(CNC(C)c2ncc(C)o2)cc1C. The average Bonchev–Trinajstić information content (AvgIpc) is 2.83. The normalized spacial score (nSPS) is 12.4. The molecule has 0 aliphatic rings. The highest BCUT2D eigenvalue weighted by atomic mass is 16.5. The molecule has 0 amide bonds. The maximum absolute atomic E-state index is 5.50. The summed E-state index contributed by atoms with van der Waals surface area (Å²) in [7, 11) is 1.69. The van der Waals surface area contributed by atoms with Crippen LogP contribution in [0.5, 0.6) is 5.75 Å². The van der Waals surface area contributed by atoms with Gasteiger partial charge in [0.25, 0.3) is 0 Å². The van der Waals surface area contributed by atoms with Crippen LogP contribution in [0.1, 0.15) is 35.7 Å². The highest BCUT2D eigenvalue weighted by Crippen LogP contribution is 2.19. The summed E-state index contributed by atoms with van der Waals surface area (Å²) in [5.74, 6) is 2.48. The number of nitrogens with one attached hydrogen (secondary N) is 1. The zero-order chi connectivity index (χ0) is 13.8. The van der Waals surface area contributed by atoms with E-state index in [0.29, 0.717) is 0 Å². The second-order valence-electron chi connectivity index (χ2n) is 4.72. The van der Waals surface area contributed by atoms with E-state index in [9.17, 15) is 0 Å². The van der Waals surface area contributed by atoms with E-state index in [1.807, 2.05) is 26.8 Å². The van der Waals surface area contributed by atoms with Gasteiger partial charge in [0.2, 0.25) is 5.89 Å². The third-order valence-electron chi connectivity index (χ3n) is 3.08. The van der Waals surface area contributed by atoms with Crippen LogP contribution >= 0.6 is 0 Å². The Morgan fingerprint density at radius 1 is 1.37 bits per heavy atom. The molecule has 19 heavy (non-hydrogen) atoms. The third-order valence-corrected chi connectivity index (χ3v) is 3.08. The second-order valence-corrected chi connectivity index (χ2v) is 4.72. The lowest BCUT2D eigenvalue weighted by Gasteiger charge is -2.12. The van der Waals surface area contributed by atoms with Crippen molar-refractivity contribution in [2.75, 3.05) is 7.11 Å². The van der Waals surface area contributed by atoms with Gasteiger partial charge in [0.1, 0.15) is 11.5 Å². The number of methoxy groups -OCH3 is 1. The van der Waals surface area contributed by atoms with Crippen molar-refractivity contribution in [1.82, 2.24) is 10.3 Å². The van der Waals surface area contributed by atoms with E-state index < -0.39 is 0 Å². The smallest absolute Gasteiger partial charge is 0.211 e. The van der Waals surface area contributed by atoms with Crippen LogP contribution < -0.4 is 10.1 Å². The van der Waals surface area contributed by atoms with Gasteiger partial charge < -0.3 is 14.5 Å². The lowest BCUT2D eigenvalue weighted by Crippen LogP contribution is -2.18. The summed E-state index contributed by atoms with van der Waals surface area (Å²) in [4.78, 5) is 4.22. The van der Waals surface area contributed by atoms with Crippen LogP contribution in [0.25, 0.3) is 0 Å². The van der Waals surface area contributed by atoms with Gasteiger partial charge in [0, 0.05) is 6.54 Å². The third kappa shape index (κ3) is 3.35. The number of hydrogen-bond acceptors (Lipinski definition) is 4. The molecular weight excluding hydrogens is 240 g/mol. The van der Waals surface area contributed by atoms with E-state index in [1.165, 1.54) is 5.56 Å². The molecule has 4 heteroatoms. The molecule has 0 spiro atoms. The van der Waals surface area contributed by atoms with Crippen molar-refractivity contribution in [3.8, 4) is 5.75 Å². The molecule has 0 saturated heterocycles. The second kappa shape index (κ2) is 5.89. The molecule has 0 aliphatic heterocycles. The van der Waals surface area contributed by atoms with Crippen molar-refractivity contribution >= 4 is 0 Å². The van der Waals surface area contributed by atoms with E-state index >= 15 is 0 Å². The van der Waals surface area contributed by atoms with E-state index in [-0.39, 0.29) is 6.04 Å². The van der Waals surface area contributed by atoms with Gasteiger partial charge in [-0.25, -0.2) is 4.98 Å². The topological polar surface area (TPSA) is 47.3 Å². The summed E-state index contributed by atoms with van der Waals surface area (Å²) < 4.78 is 10.8. The number of aryl methyl sites for hydroxylation is 2. The van der Waals surface area contributed by atoms with Crippen LogP contribution in [0, 0.1) is 13.8 Å². The molecule has 4 nitrogen and oxygen atoms in total. The first kappa shape index (κ1) is 13.6. The molecular formula is C15H20N2O2. The Balaban J connectivity index is 1.97. The van der Waals surface area contributed by atoms with E-state index in [4.69, 9.17) is 9.15 Å². The molecule has 0 bridgehead atoms. The van der Waals surface area contributed by atoms with Crippen LogP contribution in [0.15, 0.2) is 28.8 Å². The Bertz CT molecular complexity index is 549. The minimum absolute atomic E-state index is 0.0936. The predicted octanol–water partition coefficient (Wildman–Crippen LogP) is 3.15. The Hall–Kier alpha value is -1.81. The first-order valence-corrected chi connectivity index (χ1v) is 6.39. The van der Waals surface area contributed by atoms with Crippen LogP contribution in [-0.4, -0.2) is 12.1 Å². The number of rotatable bonds is 5. The zero-order valence-corrected chi connectivity index (χ0v) is 11.9. The Morgan fingerprint density at radius 2 is 2.16 bits per heavy atom. The molecule has 1 heterocycles. The molecule has 0 saturated carbocycles. The number of hydrogen-bond donors (Lipinski definition) is 1. The zero-order valence-electron chi connectivity index (χ0n) is 11.9. The van der Waals surface area contributed by atoms with Crippen LogP contribution in [-0.2, 0) is 6.54 Å². The average molecular weight is 260 g/mol. The lowest BCUT2D eigenvalue weighted by atomic mass is 10.1. The van der Waals surface area contributed by atoms with Crippen molar-refractivity contribution in [3.63, 3.8) is 0 Å². The molecule has 1 N–H and O–H groups in total. The molecule has 1 unspecified atom stereocenters. The predicted molar refractivity (Wildman–Crippen MR) is 74.2 cm³/mol. The van der Waals surface area contributed by atoms with Gasteiger partial charge >= 0.3 is 0 Å². The van der Waals surface area contributed by atoms with Gasteiger partial charge in [-0.05, 0) is 38.0 Å². The van der Waals surface area contributed by atoms with Gasteiger partial charge in [-0.3, -0.25) is 0 Å². The molecule has 0 radical (unpaired) electrons. The standard InChI is InChI=1S/C15H20N2O2/c1-10-7-13(5-6-14(10)18-4)9-16-12(3)15-17-8-11(2)19-15/h5-8,12,16H,9H2,1-4H3. The van der Waals surface area contributed by atoms with Gasteiger partial charge in [0.15, 0.2) is 0 Å². The number of aromatic nitrogens is 1. The van der Waals surface area contributed by atoms with Crippen molar-refractivity contribution in [3.05, 3.63) is 47.2 Å². The molecule has 0 aliphatic carbocycles. The van der Waals surface area contributed by atoms with Crippen LogP contribution in [0.4, 0.5) is 0 Å². The summed E-state index contributed by atoms with van der Waals surface area (Å²) in [5, 5.41) is 3.40.